The minimum absolute atomic E-state index is 0.00935. The topological polar surface area (TPSA) is 122 Å². The molecule has 2 saturated heterocycles. The number of methoxy groups -OCH3 is 1. The molecule has 3 amide bonds. The van der Waals surface area contributed by atoms with E-state index < -0.39 is 45.6 Å². The second-order valence-electron chi connectivity index (χ2n) is 10.2. The van der Waals surface area contributed by atoms with Crippen LogP contribution in [0.3, 0.4) is 0 Å². The standard InChI is InChI=1S/C25H30ClN3O7S/c1-25(2,3)36-24(32)28-13-16(27-37(33,34)21-11-15(26)9-10-20(21)35-4)12-17(28)14-29-22(30)18-7-5-6-8-19(18)23(29)31/h5-11,16-19,27H,12-14H2,1-4H3/t16-,17-,18?,19?/m1/s1. The summed E-state index contributed by atoms with van der Waals surface area (Å²) in [6.45, 7) is 5.09. The lowest BCUT2D eigenvalue weighted by Crippen LogP contribution is -2.47. The van der Waals surface area contributed by atoms with E-state index in [1.165, 1.54) is 30.2 Å². The van der Waals surface area contributed by atoms with Crippen LogP contribution in [0, 0.1) is 11.8 Å². The number of carbonyl (C=O) groups excluding carboxylic acids is 3. The van der Waals surface area contributed by atoms with Gasteiger partial charge in [0, 0.05) is 24.2 Å². The first-order valence-corrected chi connectivity index (χ1v) is 13.7. The van der Waals surface area contributed by atoms with Crippen LogP contribution in [0.15, 0.2) is 47.4 Å². The molecule has 0 aromatic heterocycles. The van der Waals surface area contributed by atoms with Gasteiger partial charge in [0.1, 0.15) is 16.2 Å². The summed E-state index contributed by atoms with van der Waals surface area (Å²) in [5.41, 5.74) is -0.794. The number of sulfonamides is 1. The molecule has 0 saturated carbocycles. The van der Waals surface area contributed by atoms with Crippen LogP contribution in [0.25, 0.3) is 0 Å². The number of allylic oxidation sites excluding steroid dienone is 2. The molecule has 2 fully saturated rings. The second-order valence-corrected chi connectivity index (χ2v) is 12.4. The van der Waals surface area contributed by atoms with E-state index in [9.17, 15) is 22.8 Å². The van der Waals surface area contributed by atoms with Crippen molar-refractivity contribution in [1.82, 2.24) is 14.5 Å². The number of fused-ring (bicyclic) bond motifs is 1. The molecule has 10 nitrogen and oxygen atoms in total. The first-order chi connectivity index (χ1) is 17.3. The maximum absolute atomic E-state index is 13.2. The minimum atomic E-state index is -4.09. The van der Waals surface area contributed by atoms with Crippen LogP contribution in [0.1, 0.15) is 27.2 Å². The van der Waals surface area contributed by atoms with Gasteiger partial charge in [0.2, 0.25) is 21.8 Å². The Morgan fingerprint density at radius 1 is 1.14 bits per heavy atom. The van der Waals surface area contributed by atoms with Crippen molar-refractivity contribution in [2.75, 3.05) is 20.2 Å². The number of nitrogens with zero attached hydrogens (tertiary/aromatic N) is 2. The van der Waals surface area contributed by atoms with Crippen LogP contribution in [0.2, 0.25) is 5.02 Å². The molecular formula is C25H30ClN3O7S. The molecular weight excluding hydrogens is 522 g/mol. The van der Waals surface area contributed by atoms with Gasteiger partial charge >= 0.3 is 6.09 Å². The van der Waals surface area contributed by atoms with Crippen molar-refractivity contribution in [3.05, 3.63) is 47.5 Å². The summed E-state index contributed by atoms with van der Waals surface area (Å²) in [5.74, 6) is -1.70. The maximum Gasteiger partial charge on any atom is 0.410 e. The molecule has 37 heavy (non-hydrogen) atoms. The Bertz CT molecular complexity index is 1240. The van der Waals surface area contributed by atoms with Crippen LogP contribution < -0.4 is 9.46 Å². The van der Waals surface area contributed by atoms with E-state index in [0.717, 1.165) is 4.90 Å². The Hall–Kier alpha value is -2.89. The number of rotatable bonds is 6. The van der Waals surface area contributed by atoms with Gasteiger partial charge in [0.05, 0.1) is 25.0 Å². The van der Waals surface area contributed by atoms with Crippen molar-refractivity contribution in [2.24, 2.45) is 11.8 Å². The van der Waals surface area contributed by atoms with Crippen molar-refractivity contribution < 1.29 is 32.3 Å². The summed E-state index contributed by atoms with van der Waals surface area (Å²) < 4.78 is 39.8. The van der Waals surface area contributed by atoms with E-state index in [0.29, 0.717) is 0 Å². The molecule has 1 aromatic carbocycles. The number of carbonyl (C=O) groups is 3. The molecule has 12 heteroatoms. The van der Waals surface area contributed by atoms with Crippen molar-refractivity contribution in [3.63, 3.8) is 0 Å². The van der Waals surface area contributed by atoms with E-state index in [4.69, 9.17) is 21.1 Å². The molecule has 0 spiro atoms. The quantitative estimate of drug-likeness (QED) is 0.539. The lowest BCUT2D eigenvalue weighted by atomic mass is 9.91. The summed E-state index contributed by atoms with van der Waals surface area (Å²) in [7, 11) is -2.74. The highest BCUT2D eigenvalue weighted by atomic mass is 35.5. The number of likely N-dealkylation sites (tertiary alicyclic amines) is 2. The van der Waals surface area contributed by atoms with E-state index in [2.05, 4.69) is 4.72 Å². The van der Waals surface area contributed by atoms with E-state index >= 15 is 0 Å². The molecule has 1 aromatic rings. The average Bonchev–Trinajstić information content (AvgIpc) is 3.32. The van der Waals surface area contributed by atoms with Crippen LogP contribution in [0.5, 0.6) is 5.75 Å². The molecule has 4 atom stereocenters. The summed E-state index contributed by atoms with van der Waals surface area (Å²) in [6.07, 6.45) is 6.36. The summed E-state index contributed by atoms with van der Waals surface area (Å²) in [4.78, 5) is 41.4. The molecule has 0 radical (unpaired) electrons. The van der Waals surface area contributed by atoms with Gasteiger partial charge in [-0.05, 0) is 45.4 Å². The number of benzene rings is 1. The Labute approximate surface area is 221 Å². The summed E-state index contributed by atoms with van der Waals surface area (Å²) in [6, 6.07) is 2.90. The normalized spacial score (nSPS) is 25.5. The Balaban J connectivity index is 1.57. The van der Waals surface area contributed by atoms with Gasteiger partial charge in [-0.1, -0.05) is 35.9 Å². The predicted octanol–water partition coefficient (Wildman–Crippen LogP) is 2.73. The number of halogens is 1. The minimum Gasteiger partial charge on any atom is -0.495 e. The molecule has 4 rings (SSSR count). The number of nitrogens with one attached hydrogen (secondary N) is 1. The third-order valence-corrected chi connectivity index (χ3v) is 8.19. The van der Waals surface area contributed by atoms with E-state index in [1.807, 2.05) is 0 Å². The Kier molecular flexibility index (Phi) is 7.42. The van der Waals surface area contributed by atoms with E-state index in [1.54, 1.807) is 45.1 Å². The Morgan fingerprint density at radius 2 is 1.76 bits per heavy atom. The molecule has 2 heterocycles. The highest BCUT2D eigenvalue weighted by molar-refractivity contribution is 7.89. The second kappa shape index (κ2) is 10.1. The number of hydrogen-bond donors (Lipinski definition) is 1. The fourth-order valence-corrected chi connectivity index (χ4v) is 6.47. The molecule has 1 N–H and O–H groups in total. The molecule has 1 aliphatic carbocycles. The zero-order valence-corrected chi connectivity index (χ0v) is 22.6. The monoisotopic (exact) mass is 551 g/mol. The van der Waals surface area contributed by atoms with Crippen molar-refractivity contribution >= 4 is 39.5 Å². The smallest absolute Gasteiger partial charge is 0.410 e. The third-order valence-electron chi connectivity index (χ3n) is 6.41. The summed E-state index contributed by atoms with van der Waals surface area (Å²) in [5, 5.41) is 0.219. The van der Waals surface area contributed by atoms with Gasteiger partial charge in [0.15, 0.2) is 0 Å². The fourth-order valence-electron chi connectivity index (χ4n) is 4.80. The third kappa shape index (κ3) is 5.68. The van der Waals surface area contributed by atoms with Gasteiger partial charge in [-0.15, -0.1) is 0 Å². The molecule has 2 unspecified atom stereocenters. The highest BCUT2D eigenvalue weighted by Gasteiger charge is 2.48. The van der Waals surface area contributed by atoms with E-state index in [-0.39, 0.29) is 47.0 Å². The van der Waals surface area contributed by atoms with Gasteiger partial charge in [-0.3, -0.25) is 14.5 Å². The first kappa shape index (κ1) is 27.2. The predicted molar refractivity (Wildman–Crippen MR) is 135 cm³/mol. The number of hydrogen-bond acceptors (Lipinski definition) is 7. The van der Waals surface area contributed by atoms with Crippen LogP contribution in [-0.2, 0) is 24.3 Å². The van der Waals surface area contributed by atoms with Crippen molar-refractivity contribution in [1.29, 1.82) is 0 Å². The largest absolute Gasteiger partial charge is 0.495 e. The summed E-state index contributed by atoms with van der Waals surface area (Å²) >= 11 is 6.02. The van der Waals surface area contributed by atoms with Gasteiger partial charge < -0.3 is 14.4 Å². The number of imide groups is 1. The number of ether oxygens (including phenoxy) is 2. The van der Waals surface area contributed by atoms with Crippen LogP contribution >= 0.6 is 11.6 Å². The first-order valence-electron chi connectivity index (χ1n) is 11.9. The van der Waals surface area contributed by atoms with Gasteiger partial charge in [-0.2, -0.15) is 0 Å². The highest BCUT2D eigenvalue weighted by Crippen LogP contribution is 2.33. The average molecular weight is 552 g/mol. The molecule has 3 aliphatic rings. The lowest BCUT2D eigenvalue weighted by Gasteiger charge is -2.30. The van der Waals surface area contributed by atoms with Crippen LogP contribution in [-0.4, -0.2) is 74.0 Å². The van der Waals surface area contributed by atoms with Gasteiger partial charge in [0.25, 0.3) is 0 Å². The molecule has 2 aliphatic heterocycles. The van der Waals surface area contributed by atoms with Crippen molar-refractivity contribution in [3.8, 4) is 5.75 Å². The lowest BCUT2D eigenvalue weighted by molar-refractivity contribution is -0.140. The van der Waals surface area contributed by atoms with Gasteiger partial charge in [-0.25, -0.2) is 17.9 Å². The number of amides is 3. The fraction of sp³-hybridized carbons (Fsp3) is 0.480. The Morgan fingerprint density at radius 3 is 2.32 bits per heavy atom. The zero-order chi connectivity index (χ0) is 27.1. The maximum atomic E-state index is 13.2. The van der Waals surface area contributed by atoms with Crippen molar-refractivity contribution in [2.45, 2.75) is 49.8 Å². The SMILES string of the molecule is COc1ccc(Cl)cc1S(=O)(=O)N[C@@H]1C[C@H](CN2C(=O)C3C=CC=CC3C2=O)N(C(=O)OC(C)(C)C)C1. The molecule has 0 bridgehead atoms. The molecule has 200 valence electrons. The zero-order valence-electron chi connectivity index (χ0n) is 21.0. The van der Waals surface area contributed by atoms with Crippen LogP contribution in [0.4, 0.5) is 4.79 Å².